The van der Waals surface area contributed by atoms with Crippen LogP contribution in [0.1, 0.15) is 33.1 Å². The van der Waals surface area contributed by atoms with Gasteiger partial charge in [-0.25, -0.2) is 4.79 Å². The van der Waals surface area contributed by atoms with E-state index in [0.717, 1.165) is 32.6 Å². The molecule has 22 heavy (non-hydrogen) atoms. The van der Waals surface area contributed by atoms with Crippen LogP contribution in [0.3, 0.4) is 0 Å². The van der Waals surface area contributed by atoms with E-state index < -0.39 is 11.5 Å². The molecule has 0 spiro atoms. The molecule has 2 atom stereocenters. The maximum atomic E-state index is 12.2. The number of ketones is 1. The molecule has 1 unspecified atom stereocenters. The summed E-state index contributed by atoms with van der Waals surface area (Å²) >= 11 is 0. The van der Waals surface area contributed by atoms with Gasteiger partial charge in [0.1, 0.15) is 5.57 Å². The second-order valence-electron chi connectivity index (χ2n) is 6.51. The summed E-state index contributed by atoms with van der Waals surface area (Å²) in [7, 11) is 0. The summed E-state index contributed by atoms with van der Waals surface area (Å²) in [6.07, 6.45) is 5.52. The molecule has 0 bridgehead atoms. The van der Waals surface area contributed by atoms with Crippen LogP contribution in [0.25, 0.3) is 0 Å². The highest BCUT2D eigenvalue weighted by Gasteiger charge is 2.40. The Hall–Kier alpha value is -1.62. The van der Waals surface area contributed by atoms with Crippen LogP contribution in [0.2, 0.25) is 0 Å². The maximum absolute atomic E-state index is 12.2. The van der Waals surface area contributed by atoms with Crippen molar-refractivity contribution in [2.24, 2.45) is 11.8 Å². The van der Waals surface area contributed by atoms with Gasteiger partial charge in [0.2, 0.25) is 0 Å². The normalized spacial score (nSPS) is 30.6. The molecule has 122 valence electrons. The van der Waals surface area contributed by atoms with Crippen LogP contribution in [-0.2, 0) is 14.3 Å². The Kier molecular flexibility index (Phi) is 5.06. The van der Waals surface area contributed by atoms with Gasteiger partial charge in [-0.05, 0) is 31.6 Å². The highest BCUT2D eigenvalue weighted by molar-refractivity contribution is 6.16. The Morgan fingerprint density at radius 3 is 2.73 bits per heavy atom. The minimum atomic E-state index is -1.15. The van der Waals surface area contributed by atoms with Crippen LogP contribution in [0.5, 0.6) is 0 Å². The second-order valence-corrected chi connectivity index (χ2v) is 6.51. The number of ether oxygens (including phenoxy) is 1. The van der Waals surface area contributed by atoms with Crippen molar-refractivity contribution in [3.05, 3.63) is 24.4 Å². The molecule has 0 aromatic rings. The predicted octanol–water partition coefficient (Wildman–Crippen LogP) is 2.24. The van der Waals surface area contributed by atoms with Crippen LogP contribution >= 0.6 is 0 Å². The minimum absolute atomic E-state index is 0.00504. The first-order chi connectivity index (χ1) is 10.4. The molecule has 2 aliphatic rings. The molecule has 0 aliphatic carbocycles. The average Bonchev–Trinajstić information content (AvgIpc) is 2.58. The van der Waals surface area contributed by atoms with Crippen LogP contribution in [0, 0.1) is 11.8 Å². The molecular formula is C17H25NO4. The van der Waals surface area contributed by atoms with E-state index >= 15 is 0 Å². The van der Waals surface area contributed by atoms with Crippen molar-refractivity contribution in [1.82, 2.24) is 4.90 Å². The highest BCUT2D eigenvalue weighted by Crippen LogP contribution is 2.35. The van der Waals surface area contributed by atoms with E-state index in [9.17, 15) is 14.7 Å². The number of aliphatic carboxylic acids is 1. The Morgan fingerprint density at radius 2 is 2.18 bits per heavy atom. The lowest BCUT2D eigenvalue weighted by Gasteiger charge is -2.44. The number of carbonyl (C=O) groups excluding carboxylic acids is 1. The zero-order valence-corrected chi connectivity index (χ0v) is 13.4. The smallest absolute Gasteiger partial charge is 0.340 e. The Balaban J connectivity index is 2.34. The maximum Gasteiger partial charge on any atom is 0.340 e. The Labute approximate surface area is 131 Å². The highest BCUT2D eigenvalue weighted by atomic mass is 16.5. The van der Waals surface area contributed by atoms with Crippen LogP contribution in [-0.4, -0.2) is 47.1 Å². The van der Waals surface area contributed by atoms with E-state index in [1.165, 1.54) is 6.20 Å². The summed E-state index contributed by atoms with van der Waals surface area (Å²) in [6, 6.07) is 0. The number of hydrogen-bond donors (Lipinski definition) is 1. The zero-order chi connectivity index (χ0) is 16.3. The van der Waals surface area contributed by atoms with Crippen LogP contribution < -0.4 is 0 Å². The van der Waals surface area contributed by atoms with Crippen LogP contribution in [0.15, 0.2) is 24.4 Å². The molecule has 0 radical (unpaired) electrons. The van der Waals surface area contributed by atoms with Gasteiger partial charge in [0.25, 0.3) is 0 Å². The summed E-state index contributed by atoms with van der Waals surface area (Å²) < 4.78 is 5.39. The van der Waals surface area contributed by atoms with E-state index in [4.69, 9.17) is 4.74 Å². The third kappa shape index (κ3) is 3.24. The van der Waals surface area contributed by atoms with Gasteiger partial charge in [0.15, 0.2) is 5.78 Å². The molecule has 2 rings (SSSR count). The van der Waals surface area contributed by atoms with Gasteiger partial charge in [-0.3, -0.25) is 4.79 Å². The number of carboxylic acid groups (broad SMARTS) is 1. The summed E-state index contributed by atoms with van der Waals surface area (Å²) in [5.74, 6) is -1.00. The minimum Gasteiger partial charge on any atom is -0.478 e. The topological polar surface area (TPSA) is 66.8 Å². The van der Waals surface area contributed by atoms with E-state index in [1.54, 1.807) is 0 Å². The van der Waals surface area contributed by atoms with Gasteiger partial charge in [0, 0.05) is 32.4 Å². The number of Topliss-reactive ketones (excluding diaryl/α,β-unsaturated/α-hetero) is 1. The Bertz CT molecular complexity index is 493. The zero-order valence-electron chi connectivity index (χ0n) is 13.4. The first kappa shape index (κ1) is 16.7. The first-order valence-electron chi connectivity index (χ1n) is 7.85. The third-order valence-corrected chi connectivity index (χ3v) is 5.13. The number of rotatable bonds is 4. The van der Waals surface area contributed by atoms with E-state index in [2.05, 4.69) is 6.58 Å². The van der Waals surface area contributed by atoms with Crippen molar-refractivity contribution in [3.63, 3.8) is 0 Å². The average molecular weight is 307 g/mol. The molecule has 0 aromatic carbocycles. The SMILES string of the molecule is C=C[C@]1(C)C(C)CC(=O)C(C(=O)O)=CN1CC1CCOCC1. The van der Waals surface area contributed by atoms with Crippen molar-refractivity contribution in [2.45, 2.75) is 38.6 Å². The lowest BCUT2D eigenvalue weighted by Crippen LogP contribution is -2.48. The molecule has 5 nitrogen and oxygen atoms in total. The predicted molar refractivity (Wildman–Crippen MR) is 83.4 cm³/mol. The van der Waals surface area contributed by atoms with Crippen molar-refractivity contribution in [1.29, 1.82) is 0 Å². The molecule has 0 amide bonds. The van der Waals surface area contributed by atoms with Crippen molar-refractivity contribution in [3.8, 4) is 0 Å². The molecule has 0 aromatic heterocycles. The second kappa shape index (κ2) is 6.65. The quantitative estimate of drug-likeness (QED) is 0.637. The molecular weight excluding hydrogens is 282 g/mol. The fraction of sp³-hybridized carbons (Fsp3) is 0.647. The van der Waals surface area contributed by atoms with E-state index in [-0.39, 0.29) is 23.7 Å². The summed E-state index contributed by atoms with van der Waals surface area (Å²) in [4.78, 5) is 25.6. The van der Waals surface area contributed by atoms with Gasteiger partial charge in [-0.1, -0.05) is 13.0 Å². The summed E-state index contributed by atoms with van der Waals surface area (Å²) in [5.41, 5.74) is -0.546. The molecule has 2 heterocycles. The van der Waals surface area contributed by atoms with E-state index in [0.29, 0.717) is 5.92 Å². The first-order valence-corrected chi connectivity index (χ1v) is 7.85. The molecule has 5 heteroatoms. The van der Waals surface area contributed by atoms with Gasteiger partial charge < -0.3 is 14.7 Å². The van der Waals surface area contributed by atoms with Gasteiger partial charge in [-0.15, -0.1) is 6.58 Å². The summed E-state index contributed by atoms with van der Waals surface area (Å²) in [6.45, 7) is 10.1. The van der Waals surface area contributed by atoms with E-state index in [1.807, 2.05) is 24.8 Å². The summed E-state index contributed by atoms with van der Waals surface area (Å²) in [5, 5.41) is 9.32. The number of hydrogen-bond acceptors (Lipinski definition) is 4. The number of carboxylic acids is 1. The van der Waals surface area contributed by atoms with Crippen LogP contribution in [0.4, 0.5) is 0 Å². The molecule has 0 saturated carbocycles. The lowest BCUT2D eigenvalue weighted by atomic mass is 9.82. The number of carbonyl (C=O) groups is 2. The largest absolute Gasteiger partial charge is 0.478 e. The van der Waals surface area contributed by atoms with Crippen molar-refractivity contribution in [2.75, 3.05) is 19.8 Å². The Morgan fingerprint density at radius 1 is 1.55 bits per heavy atom. The fourth-order valence-electron chi connectivity index (χ4n) is 3.19. The third-order valence-electron chi connectivity index (χ3n) is 5.13. The molecule has 1 fully saturated rings. The van der Waals surface area contributed by atoms with Gasteiger partial charge in [-0.2, -0.15) is 0 Å². The van der Waals surface area contributed by atoms with Crippen molar-refractivity contribution < 1.29 is 19.4 Å². The monoisotopic (exact) mass is 307 g/mol. The number of nitrogens with zero attached hydrogens (tertiary/aromatic N) is 1. The molecule has 1 N–H and O–H groups in total. The molecule has 1 saturated heterocycles. The van der Waals surface area contributed by atoms with Crippen molar-refractivity contribution >= 4 is 11.8 Å². The standard InChI is InChI=1S/C17H25NO4/c1-4-17(3)12(2)9-15(19)14(16(20)21)11-18(17)10-13-5-7-22-8-6-13/h4,11-13H,1,5-10H2,2-3H3,(H,20,21)/t12?,17-/m1/s1. The fourth-order valence-corrected chi connectivity index (χ4v) is 3.19. The molecule has 2 aliphatic heterocycles. The van der Waals surface area contributed by atoms with Gasteiger partial charge >= 0.3 is 5.97 Å². The lowest BCUT2D eigenvalue weighted by molar-refractivity contribution is -0.134. The van der Waals surface area contributed by atoms with Gasteiger partial charge in [0.05, 0.1) is 5.54 Å².